The topological polar surface area (TPSA) is 87.9 Å². The summed E-state index contributed by atoms with van der Waals surface area (Å²) in [5, 5.41) is 20.8. The van der Waals surface area contributed by atoms with E-state index in [9.17, 15) is 5.11 Å². The molecule has 1 unspecified atom stereocenters. The Morgan fingerprint density at radius 1 is 1.50 bits per heavy atom. The molecule has 0 amide bonds. The maximum atomic E-state index is 10.3. The van der Waals surface area contributed by atoms with E-state index >= 15 is 0 Å². The van der Waals surface area contributed by atoms with Gasteiger partial charge in [-0.25, -0.2) is 14.6 Å². The van der Waals surface area contributed by atoms with E-state index in [1.54, 1.807) is 17.2 Å². The van der Waals surface area contributed by atoms with Gasteiger partial charge in [0, 0.05) is 31.4 Å². The molecule has 1 atom stereocenters. The zero-order valence-electron chi connectivity index (χ0n) is 11.2. The Labute approximate surface area is 117 Å². The zero-order valence-corrected chi connectivity index (χ0v) is 11.2. The van der Waals surface area contributed by atoms with Gasteiger partial charge in [0.2, 0.25) is 0 Å². The number of rotatable bonds is 5. The van der Waals surface area contributed by atoms with E-state index in [2.05, 4.69) is 25.7 Å². The number of nitrogens with zero attached hydrogens (tertiary/aromatic N) is 4. The van der Waals surface area contributed by atoms with Crippen LogP contribution in [-0.4, -0.2) is 50.1 Å². The lowest BCUT2D eigenvalue weighted by Gasteiger charge is -2.21. The Hall–Kier alpha value is -1.83. The van der Waals surface area contributed by atoms with Crippen LogP contribution in [0.4, 0.5) is 0 Å². The molecular weight excluding hydrogens is 256 g/mol. The fraction of sp³-hybridized carbons (Fsp3) is 0.462. The quantitative estimate of drug-likeness (QED) is 0.680. The zero-order chi connectivity index (χ0) is 13.8. The highest BCUT2D eigenvalue weighted by molar-refractivity contribution is 5.31. The van der Waals surface area contributed by atoms with E-state index in [0.29, 0.717) is 19.6 Å². The largest absolute Gasteiger partial charge is 0.387 e. The minimum atomic E-state index is -0.643. The van der Waals surface area contributed by atoms with Crippen LogP contribution in [-0.2, 0) is 6.54 Å². The molecule has 106 valence electrons. The van der Waals surface area contributed by atoms with Gasteiger partial charge >= 0.3 is 0 Å². The minimum absolute atomic E-state index is 0.561. The lowest BCUT2D eigenvalue weighted by Crippen LogP contribution is -2.42. The highest BCUT2D eigenvalue weighted by Crippen LogP contribution is 2.14. The van der Waals surface area contributed by atoms with Crippen LogP contribution in [0, 0.1) is 0 Å². The molecule has 0 spiro atoms. The van der Waals surface area contributed by atoms with Gasteiger partial charge in [-0.3, -0.25) is 0 Å². The molecule has 0 aliphatic carbocycles. The van der Waals surface area contributed by atoms with Crippen molar-refractivity contribution in [1.82, 2.24) is 30.4 Å². The molecule has 2 aromatic heterocycles. The summed E-state index contributed by atoms with van der Waals surface area (Å²) in [6.07, 6.45) is 5.62. The first-order chi connectivity index (χ1) is 9.77. The van der Waals surface area contributed by atoms with E-state index < -0.39 is 5.60 Å². The number of aromatic nitrogens is 4. The van der Waals surface area contributed by atoms with Gasteiger partial charge in [0.25, 0.3) is 0 Å². The van der Waals surface area contributed by atoms with Gasteiger partial charge in [-0.15, -0.1) is 0 Å². The predicted molar refractivity (Wildman–Crippen MR) is 73.3 cm³/mol. The molecule has 3 N–H and O–H groups in total. The Kier molecular flexibility index (Phi) is 3.72. The van der Waals surface area contributed by atoms with Gasteiger partial charge < -0.3 is 15.7 Å². The van der Waals surface area contributed by atoms with Crippen LogP contribution in [0.5, 0.6) is 0 Å². The number of aliphatic hydroxyl groups is 1. The number of pyridine rings is 1. The molecule has 7 heteroatoms. The Balaban J connectivity index is 1.66. The normalized spacial score (nSPS) is 22.2. The van der Waals surface area contributed by atoms with Crippen LogP contribution in [0.1, 0.15) is 12.0 Å². The highest BCUT2D eigenvalue weighted by Gasteiger charge is 2.30. The summed E-state index contributed by atoms with van der Waals surface area (Å²) in [5.74, 6) is 0.758. The summed E-state index contributed by atoms with van der Waals surface area (Å²) < 4.78 is 1.64. The second kappa shape index (κ2) is 5.66. The standard InChI is InChI=1S/C13H18N6O/c20-13(3-5-14-7-13)8-15-6-11-2-1-4-17-12(11)19-10-16-9-18-19/h1-2,4,9-10,14-15,20H,3,5-8H2. The summed E-state index contributed by atoms with van der Waals surface area (Å²) in [6.45, 7) is 2.70. The lowest BCUT2D eigenvalue weighted by molar-refractivity contribution is 0.0608. The van der Waals surface area contributed by atoms with Crippen molar-refractivity contribution in [2.75, 3.05) is 19.6 Å². The maximum absolute atomic E-state index is 10.3. The SMILES string of the molecule is OC1(CNCc2cccnc2-n2cncn2)CCNC1. The van der Waals surface area contributed by atoms with Crippen molar-refractivity contribution in [3.05, 3.63) is 36.5 Å². The smallest absolute Gasteiger partial charge is 0.159 e. The van der Waals surface area contributed by atoms with Gasteiger partial charge in [-0.2, -0.15) is 5.10 Å². The highest BCUT2D eigenvalue weighted by atomic mass is 16.3. The van der Waals surface area contributed by atoms with E-state index in [1.807, 2.05) is 12.1 Å². The Bertz CT molecular complexity index is 550. The van der Waals surface area contributed by atoms with E-state index in [4.69, 9.17) is 0 Å². The maximum Gasteiger partial charge on any atom is 0.159 e. The average molecular weight is 274 g/mol. The lowest BCUT2D eigenvalue weighted by atomic mass is 10.0. The Morgan fingerprint density at radius 2 is 2.45 bits per heavy atom. The molecule has 7 nitrogen and oxygen atoms in total. The second-order valence-electron chi connectivity index (χ2n) is 5.08. The molecule has 1 aliphatic rings. The van der Waals surface area contributed by atoms with Crippen molar-refractivity contribution < 1.29 is 5.11 Å². The number of β-amino-alcohol motifs (C(OH)–C–C–N with tert-alkyl or cyclic N) is 1. The van der Waals surface area contributed by atoms with E-state index in [0.717, 1.165) is 24.3 Å². The van der Waals surface area contributed by atoms with Crippen LogP contribution < -0.4 is 10.6 Å². The molecule has 2 aromatic rings. The van der Waals surface area contributed by atoms with Gasteiger partial charge in [0.05, 0.1) is 5.60 Å². The number of hydrogen-bond acceptors (Lipinski definition) is 6. The van der Waals surface area contributed by atoms with E-state index in [-0.39, 0.29) is 0 Å². The molecule has 20 heavy (non-hydrogen) atoms. The minimum Gasteiger partial charge on any atom is -0.387 e. The molecule has 1 aliphatic heterocycles. The van der Waals surface area contributed by atoms with Crippen molar-refractivity contribution in [3.8, 4) is 5.82 Å². The summed E-state index contributed by atoms with van der Waals surface area (Å²) in [4.78, 5) is 8.27. The Morgan fingerprint density at radius 3 is 3.20 bits per heavy atom. The predicted octanol–water partition coefficient (Wildman–Crippen LogP) is -0.524. The summed E-state index contributed by atoms with van der Waals surface area (Å²) in [6, 6.07) is 3.89. The molecule has 1 fully saturated rings. The third-order valence-electron chi connectivity index (χ3n) is 3.49. The van der Waals surface area contributed by atoms with Gasteiger partial charge in [-0.05, 0) is 19.0 Å². The van der Waals surface area contributed by atoms with E-state index in [1.165, 1.54) is 6.33 Å². The molecule has 3 heterocycles. The van der Waals surface area contributed by atoms with Gasteiger partial charge in [0.15, 0.2) is 5.82 Å². The van der Waals surface area contributed by atoms with Crippen LogP contribution in [0.3, 0.4) is 0 Å². The van der Waals surface area contributed by atoms with Crippen LogP contribution in [0.15, 0.2) is 31.0 Å². The first-order valence-electron chi connectivity index (χ1n) is 6.70. The number of hydrogen-bond donors (Lipinski definition) is 3. The van der Waals surface area contributed by atoms with Gasteiger partial charge in [-0.1, -0.05) is 6.07 Å². The molecule has 0 saturated carbocycles. The summed E-state index contributed by atoms with van der Waals surface area (Å²) in [7, 11) is 0. The van der Waals surface area contributed by atoms with Crippen molar-refractivity contribution in [2.24, 2.45) is 0 Å². The van der Waals surface area contributed by atoms with Crippen molar-refractivity contribution in [1.29, 1.82) is 0 Å². The first-order valence-corrected chi connectivity index (χ1v) is 6.70. The molecule has 0 radical (unpaired) electrons. The third kappa shape index (κ3) is 2.84. The van der Waals surface area contributed by atoms with Crippen molar-refractivity contribution >= 4 is 0 Å². The molecule has 0 bridgehead atoms. The fourth-order valence-corrected chi connectivity index (χ4v) is 2.40. The first kappa shape index (κ1) is 13.2. The second-order valence-corrected chi connectivity index (χ2v) is 5.08. The molecular formula is C13H18N6O. The average Bonchev–Trinajstić information content (AvgIpc) is 3.11. The fourth-order valence-electron chi connectivity index (χ4n) is 2.40. The molecule has 0 aromatic carbocycles. The van der Waals surface area contributed by atoms with Crippen molar-refractivity contribution in [3.63, 3.8) is 0 Å². The van der Waals surface area contributed by atoms with Gasteiger partial charge in [0.1, 0.15) is 12.7 Å². The molecule has 3 rings (SSSR count). The number of nitrogens with one attached hydrogen (secondary N) is 2. The van der Waals surface area contributed by atoms with Crippen molar-refractivity contribution in [2.45, 2.75) is 18.6 Å². The van der Waals surface area contributed by atoms with Crippen LogP contribution in [0.25, 0.3) is 5.82 Å². The van der Waals surface area contributed by atoms with Crippen LogP contribution in [0.2, 0.25) is 0 Å². The molecule has 1 saturated heterocycles. The third-order valence-corrected chi connectivity index (χ3v) is 3.49. The monoisotopic (exact) mass is 274 g/mol. The van der Waals surface area contributed by atoms with Crippen LogP contribution >= 0.6 is 0 Å². The summed E-state index contributed by atoms with van der Waals surface area (Å²) >= 11 is 0. The summed E-state index contributed by atoms with van der Waals surface area (Å²) in [5.41, 5.74) is 0.378.